The van der Waals surface area contributed by atoms with Crippen LogP contribution in [0.1, 0.15) is 11.1 Å². The molecule has 6 heteroatoms. The standard InChI is InChI=1S/C18H18ClN3S2/c19-17-4-2-1-3-15(17)13-24-12-11-21-18(23)22-16-7-5-14(6-8-16)9-10-20/h1-8H,9,11-13H2,(H2,21,22,23). The summed E-state index contributed by atoms with van der Waals surface area (Å²) in [6.07, 6.45) is 0.422. The first-order valence-corrected chi connectivity index (χ1v) is 9.45. The first-order chi connectivity index (χ1) is 11.7. The molecule has 2 N–H and O–H groups in total. The number of thiocarbonyl (C=S) groups is 1. The smallest absolute Gasteiger partial charge is 0.170 e. The molecule has 0 bridgehead atoms. The zero-order valence-electron chi connectivity index (χ0n) is 13.1. The molecule has 2 rings (SSSR count). The van der Waals surface area contributed by atoms with Crippen LogP contribution < -0.4 is 10.6 Å². The highest BCUT2D eigenvalue weighted by Gasteiger charge is 2.00. The topological polar surface area (TPSA) is 47.9 Å². The first-order valence-electron chi connectivity index (χ1n) is 7.51. The van der Waals surface area contributed by atoms with E-state index in [2.05, 4.69) is 16.7 Å². The van der Waals surface area contributed by atoms with Crippen LogP contribution in [-0.4, -0.2) is 17.4 Å². The van der Waals surface area contributed by atoms with Gasteiger partial charge in [-0.25, -0.2) is 0 Å². The lowest BCUT2D eigenvalue weighted by atomic mass is 10.1. The highest BCUT2D eigenvalue weighted by atomic mass is 35.5. The number of benzene rings is 2. The van der Waals surface area contributed by atoms with Gasteiger partial charge in [-0.1, -0.05) is 41.9 Å². The van der Waals surface area contributed by atoms with Gasteiger partial charge in [-0.15, -0.1) is 0 Å². The van der Waals surface area contributed by atoms with Crippen molar-refractivity contribution in [2.45, 2.75) is 12.2 Å². The number of rotatable bonds is 7. The second-order valence-corrected chi connectivity index (χ2v) is 6.98. The fourth-order valence-corrected chi connectivity index (χ4v) is 3.37. The van der Waals surface area contributed by atoms with E-state index in [9.17, 15) is 0 Å². The maximum Gasteiger partial charge on any atom is 0.170 e. The molecule has 0 aliphatic heterocycles. The van der Waals surface area contributed by atoms with Crippen molar-refractivity contribution in [3.8, 4) is 6.07 Å². The van der Waals surface area contributed by atoms with Crippen molar-refractivity contribution in [2.24, 2.45) is 0 Å². The number of halogens is 1. The van der Waals surface area contributed by atoms with Crippen LogP contribution in [0.5, 0.6) is 0 Å². The van der Waals surface area contributed by atoms with E-state index in [1.165, 1.54) is 0 Å². The first kappa shape index (κ1) is 18.6. The predicted octanol–water partition coefficient (Wildman–Crippen LogP) is 4.63. The second-order valence-electron chi connectivity index (χ2n) is 5.06. The quantitative estimate of drug-likeness (QED) is 0.546. The van der Waals surface area contributed by atoms with Gasteiger partial charge in [-0.2, -0.15) is 17.0 Å². The molecule has 2 aromatic rings. The molecular formula is C18H18ClN3S2. The summed E-state index contributed by atoms with van der Waals surface area (Å²) in [4.78, 5) is 0. The van der Waals surface area contributed by atoms with Gasteiger partial charge in [0.15, 0.2) is 5.11 Å². The van der Waals surface area contributed by atoms with Crippen molar-refractivity contribution in [2.75, 3.05) is 17.6 Å². The van der Waals surface area contributed by atoms with Crippen LogP contribution >= 0.6 is 35.6 Å². The second kappa shape index (κ2) is 10.2. The Labute approximate surface area is 157 Å². The van der Waals surface area contributed by atoms with Crippen LogP contribution in [-0.2, 0) is 12.2 Å². The van der Waals surface area contributed by atoms with Crippen LogP contribution in [0.3, 0.4) is 0 Å². The summed E-state index contributed by atoms with van der Waals surface area (Å²) < 4.78 is 0. The Morgan fingerprint density at radius 2 is 1.92 bits per heavy atom. The molecule has 0 saturated carbocycles. The summed E-state index contributed by atoms with van der Waals surface area (Å²) in [5, 5.41) is 16.4. The summed E-state index contributed by atoms with van der Waals surface area (Å²) in [6.45, 7) is 0.785. The van der Waals surface area contributed by atoms with Gasteiger partial charge in [0.25, 0.3) is 0 Å². The molecule has 0 amide bonds. The maximum atomic E-state index is 8.66. The van der Waals surface area contributed by atoms with Crippen molar-refractivity contribution >= 4 is 46.4 Å². The molecule has 0 saturated heterocycles. The lowest BCUT2D eigenvalue weighted by molar-refractivity contribution is 0.990. The molecule has 0 atom stereocenters. The summed E-state index contributed by atoms with van der Waals surface area (Å²) in [5.41, 5.74) is 3.07. The van der Waals surface area contributed by atoms with E-state index < -0.39 is 0 Å². The van der Waals surface area contributed by atoms with Gasteiger partial charge in [-0.3, -0.25) is 0 Å². The largest absolute Gasteiger partial charge is 0.362 e. The van der Waals surface area contributed by atoms with Crippen LogP contribution in [0.2, 0.25) is 5.02 Å². The maximum absolute atomic E-state index is 8.66. The van der Waals surface area contributed by atoms with E-state index >= 15 is 0 Å². The number of nitrogens with zero attached hydrogens (tertiary/aromatic N) is 1. The van der Waals surface area contributed by atoms with Gasteiger partial charge in [0.05, 0.1) is 12.5 Å². The molecule has 124 valence electrons. The SMILES string of the molecule is N#CCc1ccc(NC(=S)NCCSCc2ccccc2Cl)cc1. The summed E-state index contributed by atoms with van der Waals surface area (Å²) >= 11 is 13.2. The molecule has 2 aromatic carbocycles. The molecule has 3 nitrogen and oxygen atoms in total. The Morgan fingerprint density at radius 3 is 2.62 bits per heavy atom. The van der Waals surface area contributed by atoms with E-state index in [4.69, 9.17) is 29.1 Å². The Bertz CT molecular complexity index is 711. The Morgan fingerprint density at radius 1 is 1.17 bits per heavy atom. The van der Waals surface area contributed by atoms with Gasteiger partial charge in [0, 0.05) is 28.8 Å². The van der Waals surface area contributed by atoms with Gasteiger partial charge >= 0.3 is 0 Å². The third kappa shape index (κ3) is 6.40. The van der Waals surface area contributed by atoms with Gasteiger partial charge < -0.3 is 10.6 Å². The molecule has 0 aliphatic rings. The normalized spacial score (nSPS) is 10.0. The van der Waals surface area contributed by atoms with Crippen molar-refractivity contribution in [3.05, 3.63) is 64.7 Å². The molecule has 0 unspecified atom stereocenters. The fourth-order valence-electron chi connectivity index (χ4n) is 2.01. The minimum atomic E-state index is 0.422. The molecule has 0 aliphatic carbocycles. The van der Waals surface area contributed by atoms with Gasteiger partial charge in [0.2, 0.25) is 0 Å². The monoisotopic (exact) mass is 375 g/mol. The molecule has 0 fully saturated rings. The van der Waals surface area contributed by atoms with Gasteiger partial charge in [-0.05, 0) is 41.5 Å². The van der Waals surface area contributed by atoms with Crippen LogP contribution in [0.25, 0.3) is 0 Å². The number of thioether (sulfide) groups is 1. The van der Waals surface area contributed by atoms with Crippen LogP contribution in [0.4, 0.5) is 5.69 Å². The van der Waals surface area contributed by atoms with Crippen LogP contribution in [0, 0.1) is 11.3 Å². The van der Waals surface area contributed by atoms with E-state index in [1.807, 2.05) is 60.3 Å². The average molecular weight is 376 g/mol. The third-order valence-electron chi connectivity index (χ3n) is 3.24. The summed E-state index contributed by atoms with van der Waals surface area (Å²) in [7, 11) is 0. The van der Waals surface area contributed by atoms with E-state index in [0.717, 1.165) is 39.9 Å². The van der Waals surface area contributed by atoms with Crippen molar-refractivity contribution in [3.63, 3.8) is 0 Å². The minimum absolute atomic E-state index is 0.422. The van der Waals surface area contributed by atoms with E-state index in [1.54, 1.807) is 0 Å². The Balaban J connectivity index is 1.64. The number of hydrogen-bond donors (Lipinski definition) is 2. The Hall–Kier alpha value is -1.74. The highest BCUT2D eigenvalue weighted by molar-refractivity contribution is 7.98. The number of anilines is 1. The van der Waals surface area contributed by atoms with E-state index in [-0.39, 0.29) is 0 Å². The van der Waals surface area contributed by atoms with Crippen molar-refractivity contribution in [1.29, 1.82) is 5.26 Å². The Kier molecular flexibility index (Phi) is 7.90. The lowest BCUT2D eigenvalue weighted by Crippen LogP contribution is -2.30. The molecule has 24 heavy (non-hydrogen) atoms. The van der Waals surface area contributed by atoms with Gasteiger partial charge in [0.1, 0.15) is 0 Å². The average Bonchev–Trinajstić information content (AvgIpc) is 2.58. The summed E-state index contributed by atoms with van der Waals surface area (Å²) in [6, 6.07) is 17.7. The lowest BCUT2D eigenvalue weighted by Gasteiger charge is -2.11. The minimum Gasteiger partial charge on any atom is -0.362 e. The molecule has 0 heterocycles. The molecule has 0 radical (unpaired) electrons. The van der Waals surface area contributed by atoms with Crippen molar-refractivity contribution in [1.82, 2.24) is 5.32 Å². The van der Waals surface area contributed by atoms with E-state index in [0.29, 0.717) is 11.5 Å². The summed E-state index contributed by atoms with van der Waals surface area (Å²) in [5.74, 6) is 1.83. The zero-order chi connectivity index (χ0) is 17.2. The molecule has 0 spiro atoms. The fraction of sp³-hybridized carbons (Fsp3) is 0.222. The molecular weight excluding hydrogens is 358 g/mol. The number of nitriles is 1. The number of nitrogens with one attached hydrogen (secondary N) is 2. The highest BCUT2D eigenvalue weighted by Crippen LogP contribution is 2.20. The zero-order valence-corrected chi connectivity index (χ0v) is 15.5. The molecule has 0 aromatic heterocycles. The predicted molar refractivity (Wildman–Crippen MR) is 108 cm³/mol. The third-order valence-corrected chi connectivity index (χ3v) is 4.87. The van der Waals surface area contributed by atoms with Crippen LogP contribution in [0.15, 0.2) is 48.5 Å². The number of hydrogen-bond acceptors (Lipinski definition) is 3. The van der Waals surface area contributed by atoms with Crippen molar-refractivity contribution < 1.29 is 0 Å².